The summed E-state index contributed by atoms with van der Waals surface area (Å²) in [5.41, 5.74) is 14.0. The van der Waals surface area contributed by atoms with E-state index in [-0.39, 0.29) is 17.1 Å². The van der Waals surface area contributed by atoms with Crippen molar-refractivity contribution in [2.75, 3.05) is 21.9 Å². The molecule has 0 aliphatic carbocycles. The number of hydrogen-bond donors (Lipinski definition) is 5. The zero-order valence-corrected chi connectivity index (χ0v) is 15.9. The Labute approximate surface area is 155 Å². The van der Waals surface area contributed by atoms with Crippen molar-refractivity contribution < 1.29 is 0 Å². The van der Waals surface area contributed by atoms with Crippen LogP contribution in [-0.4, -0.2) is 27.1 Å². The molecule has 140 valence electrons. The first kappa shape index (κ1) is 18.3. The van der Waals surface area contributed by atoms with Crippen LogP contribution in [0.25, 0.3) is 0 Å². The molecule has 0 spiro atoms. The van der Waals surface area contributed by atoms with Crippen LogP contribution in [0.15, 0.2) is 36.7 Å². The third-order valence-electron chi connectivity index (χ3n) is 4.51. The zero-order valence-electron chi connectivity index (χ0n) is 15.9. The lowest BCUT2D eigenvalue weighted by Crippen LogP contribution is -2.60. The molecule has 2 aromatic rings. The average molecular weight is 355 g/mol. The molecule has 1 aromatic heterocycles. The smallest absolute Gasteiger partial charge is 0.173 e. The maximum atomic E-state index is 6.29. The molecule has 1 aliphatic rings. The van der Waals surface area contributed by atoms with Gasteiger partial charge in [-0.25, -0.2) is 9.97 Å². The van der Waals surface area contributed by atoms with E-state index in [1.54, 1.807) is 0 Å². The quantitative estimate of drug-likeness (QED) is 0.525. The second-order valence-corrected chi connectivity index (χ2v) is 8.24. The molecule has 1 aromatic carbocycles. The highest BCUT2D eigenvalue weighted by molar-refractivity contribution is 5.75. The van der Waals surface area contributed by atoms with Gasteiger partial charge in [-0.05, 0) is 52.7 Å². The number of hydrogen-bond acceptors (Lipinski definition) is 7. The van der Waals surface area contributed by atoms with Crippen LogP contribution in [0.3, 0.4) is 0 Å². The molecule has 6 N–H and O–H groups in total. The Kier molecular flexibility index (Phi) is 4.91. The number of piperidine rings is 1. The molecule has 0 bridgehead atoms. The van der Waals surface area contributed by atoms with Gasteiger partial charge >= 0.3 is 0 Å². The summed E-state index contributed by atoms with van der Waals surface area (Å²) in [6, 6.07) is 10.1. The fraction of sp³-hybridized carbons (Fsp3) is 0.474. The van der Waals surface area contributed by atoms with E-state index in [0.717, 1.165) is 18.5 Å². The SMILES string of the molecule is CC1(C)CC(Nc2ncnc(NNc3ccccc3)c2N)CC(C)(C)N1. The standard InChI is InChI=1S/C19H29N7/c1-18(2)10-14(11-19(3,4)26-18)23-16-15(20)17(22-12-21-16)25-24-13-8-6-5-7-9-13/h5-9,12,14,24,26H,10-11,20H2,1-4H3,(H2,21,22,23,25). The van der Waals surface area contributed by atoms with Crippen LogP contribution < -0.4 is 27.2 Å². The van der Waals surface area contributed by atoms with E-state index in [2.05, 4.69) is 59.1 Å². The molecule has 0 unspecified atom stereocenters. The lowest BCUT2D eigenvalue weighted by molar-refractivity contribution is 0.170. The molecule has 0 atom stereocenters. The molecule has 26 heavy (non-hydrogen) atoms. The van der Waals surface area contributed by atoms with Crippen LogP contribution in [0.5, 0.6) is 0 Å². The first-order valence-electron chi connectivity index (χ1n) is 8.98. The van der Waals surface area contributed by atoms with Gasteiger partial charge in [-0.2, -0.15) is 0 Å². The highest BCUT2D eigenvalue weighted by Crippen LogP contribution is 2.32. The Bertz CT molecular complexity index is 727. The number of hydrazine groups is 1. The molecule has 7 heteroatoms. The topological polar surface area (TPSA) is 99.9 Å². The number of rotatable bonds is 5. The van der Waals surface area contributed by atoms with E-state index in [4.69, 9.17) is 5.73 Å². The monoisotopic (exact) mass is 355 g/mol. The summed E-state index contributed by atoms with van der Waals surface area (Å²) in [7, 11) is 0. The second kappa shape index (κ2) is 6.99. The predicted octanol–water partition coefficient (Wildman–Crippen LogP) is 3.22. The fourth-order valence-corrected chi connectivity index (χ4v) is 3.88. The number of anilines is 4. The lowest BCUT2D eigenvalue weighted by Gasteiger charge is -2.46. The van der Waals surface area contributed by atoms with Crippen LogP contribution in [-0.2, 0) is 0 Å². The number of para-hydroxylation sites is 1. The largest absolute Gasteiger partial charge is 0.393 e. The molecule has 1 fully saturated rings. The molecule has 0 saturated carbocycles. The van der Waals surface area contributed by atoms with Crippen molar-refractivity contribution in [2.45, 2.75) is 57.7 Å². The molecule has 7 nitrogen and oxygen atoms in total. The van der Waals surface area contributed by atoms with Crippen molar-refractivity contribution in [2.24, 2.45) is 0 Å². The van der Waals surface area contributed by atoms with Crippen molar-refractivity contribution in [3.8, 4) is 0 Å². The number of nitrogens with two attached hydrogens (primary N) is 1. The van der Waals surface area contributed by atoms with Gasteiger partial charge in [-0.3, -0.25) is 10.9 Å². The maximum absolute atomic E-state index is 6.29. The van der Waals surface area contributed by atoms with Gasteiger partial charge in [0.2, 0.25) is 0 Å². The molecule has 0 radical (unpaired) electrons. The minimum atomic E-state index is 0.0527. The summed E-state index contributed by atoms with van der Waals surface area (Å²) >= 11 is 0. The van der Waals surface area contributed by atoms with Crippen molar-refractivity contribution in [3.63, 3.8) is 0 Å². The van der Waals surface area contributed by atoms with Gasteiger partial charge < -0.3 is 16.4 Å². The minimum absolute atomic E-state index is 0.0527. The van der Waals surface area contributed by atoms with E-state index in [1.807, 2.05) is 30.3 Å². The third kappa shape index (κ3) is 4.54. The van der Waals surface area contributed by atoms with Gasteiger partial charge in [-0.15, -0.1) is 0 Å². The highest BCUT2D eigenvalue weighted by Gasteiger charge is 2.37. The summed E-state index contributed by atoms with van der Waals surface area (Å²) in [4.78, 5) is 8.59. The zero-order chi connectivity index (χ0) is 18.8. The van der Waals surface area contributed by atoms with E-state index >= 15 is 0 Å². The molecule has 2 heterocycles. The third-order valence-corrected chi connectivity index (χ3v) is 4.51. The van der Waals surface area contributed by atoms with E-state index < -0.39 is 0 Å². The van der Waals surface area contributed by atoms with Gasteiger partial charge in [0.15, 0.2) is 11.6 Å². The number of nitrogens with zero attached hydrogens (tertiary/aromatic N) is 2. The van der Waals surface area contributed by atoms with Gasteiger partial charge in [0.05, 0.1) is 5.69 Å². The Hall–Kier alpha value is -2.54. The summed E-state index contributed by atoms with van der Waals surface area (Å²) in [5, 5.41) is 7.20. The average Bonchev–Trinajstić information content (AvgIpc) is 2.54. The van der Waals surface area contributed by atoms with Crippen LogP contribution in [0.2, 0.25) is 0 Å². The summed E-state index contributed by atoms with van der Waals surface area (Å²) in [5.74, 6) is 1.22. The van der Waals surface area contributed by atoms with E-state index in [1.165, 1.54) is 6.33 Å². The maximum Gasteiger partial charge on any atom is 0.173 e. The summed E-state index contributed by atoms with van der Waals surface area (Å²) in [6.45, 7) is 8.90. The Morgan fingerprint density at radius 1 is 0.962 bits per heavy atom. The van der Waals surface area contributed by atoms with E-state index in [0.29, 0.717) is 17.3 Å². The Morgan fingerprint density at radius 2 is 1.58 bits per heavy atom. The van der Waals surface area contributed by atoms with Gasteiger partial charge in [0, 0.05) is 17.1 Å². The molecule has 1 aliphatic heterocycles. The summed E-state index contributed by atoms with van der Waals surface area (Å²) in [6.07, 6.45) is 3.50. The molecular formula is C19H29N7. The van der Waals surface area contributed by atoms with Crippen LogP contribution in [0, 0.1) is 0 Å². The molecule has 0 amide bonds. The van der Waals surface area contributed by atoms with Gasteiger partial charge in [-0.1, -0.05) is 18.2 Å². The number of aromatic nitrogens is 2. The number of nitrogen functional groups attached to an aromatic ring is 1. The highest BCUT2D eigenvalue weighted by atomic mass is 15.4. The lowest BCUT2D eigenvalue weighted by atomic mass is 9.79. The van der Waals surface area contributed by atoms with Gasteiger partial charge in [0.25, 0.3) is 0 Å². The molecular weight excluding hydrogens is 326 g/mol. The number of nitrogens with one attached hydrogen (secondary N) is 4. The van der Waals surface area contributed by atoms with Crippen molar-refractivity contribution >= 4 is 23.0 Å². The van der Waals surface area contributed by atoms with Crippen molar-refractivity contribution in [3.05, 3.63) is 36.7 Å². The second-order valence-electron chi connectivity index (χ2n) is 8.24. The van der Waals surface area contributed by atoms with Crippen LogP contribution in [0.1, 0.15) is 40.5 Å². The fourth-order valence-electron chi connectivity index (χ4n) is 3.88. The van der Waals surface area contributed by atoms with Crippen molar-refractivity contribution in [1.82, 2.24) is 15.3 Å². The first-order valence-corrected chi connectivity index (χ1v) is 8.98. The van der Waals surface area contributed by atoms with Crippen molar-refractivity contribution in [1.29, 1.82) is 0 Å². The summed E-state index contributed by atoms with van der Waals surface area (Å²) < 4.78 is 0. The molecule has 3 rings (SSSR count). The Morgan fingerprint density at radius 3 is 2.23 bits per heavy atom. The van der Waals surface area contributed by atoms with Crippen LogP contribution >= 0.6 is 0 Å². The number of benzene rings is 1. The first-order chi connectivity index (χ1) is 12.2. The van der Waals surface area contributed by atoms with Gasteiger partial charge in [0.1, 0.15) is 12.0 Å². The Balaban J connectivity index is 1.71. The normalized spacial score (nSPS) is 18.9. The van der Waals surface area contributed by atoms with E-state index in [9.17, 15) is 0 Å². The molecule has 1 saturated heterocycles. The minimum Gasteiger partial charge on any atom is -0.393 e. The predicted molar refractivity (Wildman–Crippen MR) is 108 cm³/mol. The van der Waals surface area contributed by atoms with Crippen LogP contribution in [0.4, 0.5) is 23.0 Å².